The van der Waals surface area contributed by atoms with Gasteiger partial charge in [0.2, 0.25) is 0 Å². The summed E-state index contributed by atoms with van der Waals surface area (Å²) in [6.45, 7) is 2.04. The molecule has 2 rings (SSSR count). The predicted molar refractivity (Wildman–Crippen MR) is 84.3 cm³/mol. The summed E-state index contributed by atoms with van der Waals surface area (Å²) in [6, 6.07) is 2.33. The molecule has 0 unspecified atom stereocenters. The van der Waals surface area contributed by atoms with Crippen molar-refractivity contribution in [2.45, 2.75) is 64.2 Å². The zero-order chi connectivity index (χ0) is 15.9. The molecular formula is C19H25F3. The quantitative estimate of drug-likeness (QED) is 0.319. The molecule has 0 nitrogen and oxygen atoms in total. The third kappa shape index (κ3) is 4.62. The summed E-state index contributed by atoms with van der Waals surface area (Å²) >= 11 is 0. The molecule has 0 aromatic heterocycles. The normalized spacial score (nSPS) is 22.4. The van der Waals surface area contributed by atoms with Crippen molar-refractivity contribution < 1.29 is 13.2 Å². The molecule has 1 saturated carbocycles. The molecule has 0 heterocycles. The van der Waals surface area contributed by atoms with Crippen LogP contribution in [0.1, 0.15) is 69.8 Å². The monoisotopic (exact) mass is 310 g/mol. The molecule has 122 valence electrons. The van der Waals surface area contributed by atoms with E-state index in [-0.39, 0.29) is 5.92 Å². The van der Waals surface area contributed by atoms with Crippen LogP contribution in [-0.2, 0) is 0 Å². The Bertz CT molecular complexity index is 476. The molecular weight excluding hydrogens is 285 g/mol. The standard InChI is InChI=1S/C19H25F3/c1-2-3-4-5-6-7-14-8-10-15(11-9-14)16-12-17(20)19(22)18(21)13-16/h2-3,12-15H,4-11H2,1H3. The van der Waals surface area contributed by atoms with Gasteiger partial charge in [0.1, 0.15) is 0 Å². The number of benzene rings is 1. The Morgan fingerprint density at radius 1 is 1.00 bits per heavy atom. The molecule has 0 N–H and O–H groups in total. The van der Waals surface area contributed by atoms with Crippen LogP contribution in [0.15, 0.2) is 24.3 Å². The first-order valence-electron chi connectivity index (χ1n) is 8.37. The molecule has 22 heavy (non-hydrogen) atoms. The molecule has 1 fully saturated rings. The molecule has 0 radical (unpaired) electrons. The van der Waals surface area contributed by atoms with Gasteiger partial charge in [0, 0.05) is 0 Å². The Kier molecular flexibility index (Phi) is 6.53. The fraction of sp³-hybridized carbons (Fsp3) is 0.579. The minimum Gasteiger partial charge on any atom is -0.204 e. The summed E-state index contributed by atoms with van der Waals surface area (Å²) in [5, 5.41) is 0. The Hall–Kier alpha value is -1.25. The second-order valence-electron chi connectivity index (χ2n) is 6.37. The van der Waals surface area contributed by atoms with Crippen molar-refractivity contribution in [2.75, 3.05) is 0 Å². The molecule has 1 aromatic carbocycles. The highest BCUT2D eigenvalue weighted by Crippen LogP contribution is 2.38. The number of hydrogen-bond acceptors (Lipinski definition) is 0. The van der Waals surface area contributed by atoms with Crippen LogP contribution in [-0.4, -0.2) is 0 Å². The molecule has 0 atom stereocenters. The summed E-state index contributed by atoms with van der Waals surface area (Å²) in [4.78, 5) is 0. The summed E-state index contributed by atoms with van der Waals surface area (Å²) in [7, 11) is 0. The minimum atomic E-state index is -1.36. The molecule has 1 aliphatic carbocycles. The lowest BCUT2D eigenvalue weighted by atomic mass is 9.77. The molecule has 0 aliphatic heterocycles. The molecule has 0 amide bonds. The van der Waals surface area contributed by atoms with Gasteiger partial charge in [0.05, 0.1) is 0 Å². The number of halogens is 3. The molecule has 1 aliphatic rings. The maximum absolute atomic E-state index is 13.3. The lowest BCUT2D eigenvalue weighted by molar-refractivity contribution is 0.302. The molecule has 0 saturated heterocycles. The van der Waals surface area contributed by atoms with Crippen LogP contribution in [0.5, 0.6) is 0 Å². The molecule has 0 bridgehead atoms. The van der Waals surface area contributed by atoms with E-state index in [1.807, 2.05) is 6.92 Å². The van der Waals surface area contributed by atoms with Gasteiger partial charge in [-0.15, -0.1) is 0 Å². The van der Waals surface area contributed by atoms with Crippen molar-refractivity contribution in [3.05, 3.63) is 47.3 Å². The van der Waals surface area contributed by atoms with Gasteiger partial charge in [0.25, 0.3) is 0 Å². The highest BCUT2D eigenvalue weighted by molar-refractivity contribution is 5.23. The van der Waals surface area contributed by atoms with Crippen molar-refractivity contribution >= 4 is 0 Å². The predicted octanol–water partition coefficient (Wildman–Crippen LogP) is 6.51. The number of unbranched alkanes of at least 4 members (excludes halogenated alkanes) is 2. The van der Waals surface area contributed by atoms with Crippen molar-refractivity contribution in [1.29, 1.82) is 0 Å². The Balaban J connectivity index is 1.79. The molecule has 0 spiro atoms. The van der Waals surface area contributed by atoms with Crippen molar-refractivity contribution in [3.8, 4) is 0 Å². The van der Waals surface area contributed by atoms with E-state index >= 15 is 0 Å². The van der Waals surface area contributed by atoms with Gasteiger partial charge >= 0.3 is 0 Å². The zero-order valence-electron chi connectivity index (χ0n) is 13.3. The number of rotatable bonds is 6. The Morgan fingerprint density at radius 3 is 2.23 bits per heavy atom. The number of allylic oxidation sites excluding steroid dienone is 2. The van der Waals surface area contributed by atoms with E-state index in [4.69, 9.17) is 0 Å². The van der Waals surface area contributed by atoms with Gasteiger partial charge in [-0.1, -0.05) is 25.0 Å². The highest BCUT2D eigenvalue weighted by atomic mass is 19.2. The van der Waals surface area contributed by atoms with Crippen LogP contribution in [0.25, 0.3) is 0 Å². The van der Waals surface area contributed by atoms with Crippen LogP contribution in [0, 0.1) is 23.4 Å². The van der Waals surface area contributed by atoms with Crippen LogP contribution >= 0.6 is 0 Å². The fourth-order valence-corrected chi connectivity index (χ4v) is 3.46. The lowest BCUT2D eigenvalue weighted by Gasteiger charge is -2.29. The largest absolute Gasteiger partial charge is 0.204 e. The smallest absolute Gasteiger partial charge is 0.194 e. The van der Waals surface area contributed by atoms with E-state index in [9.17, 15) is 13.2 Å². The second kappa shape index (κ2) is 8.40. The maximum atomic E-state index is 13.3. The van der Waals surface area contributed by atoms with Crippen molar-refractivity contribution in [1.82, 2.24) is 0 Å². The molecule has 1 aromatic rings. The van der Waals surface area contributed by atoms with Crippen LogP contribution in [0.3, 0.4) is 0 Å². The van der Waals surface area contributed by atoms with Crippen LogP contribution < -0.4 is 0 Å². The van der Waals surface area contributed by atoms with E-state index in [0.29, 0.717) is 5.56 Å². The van der Waals surface area contributed by atoms with Gasteiger partial charge in [-0.2, -0.15) is 0 Å². The number of hydrogen-bond donors (Lipinski definition) is 0. The average molecular weight is 310 g/mol. The SMILES string of the molecule is CC=CCCCCC1CCC(c2cc(F)c(F)c(F)c2)CC1. The summed E-state index contributed by atoms with van der Waals surface area (Å²) < 4.78 is 39.7. The maximum Gasteiger partial charge on any atom is 0.194 e. The van der Waals surface area contributed by atoms with E-state index in [1.165, 1.54) is 31.4 Å². The van der Waals surface area contributed by atoms with E-state index in [2.05, 4.69) is 12.2 Å². The van der Waals surface area contributed by atoms with Gasteiger partial charge in [-0.25, -0.2) is 13.2 Å². The van der Waals surface area contributed by atoms with E-state index in [1.54, 1.807) is 0 Å². The summed E-state index contributed by atoms with van der Waals surface area (Å²) in [5.74, 6) is -2.60. The van der Waals surface area contributed by atoms with Gasteiger partial charge in [-0.05, 0) is 75.0 Å². The summed E-state index contributed by atoms with van der Waals surface area (Å²) in [6.07, 6.45) is 13.3. The lowest BCUT2D eigenvalue weighted by Crippen LogP contribution is -2.14. The van der Waals surface area contributed by atoms with Crippen LogP contribution in [0.2, 0.25) is 0 Å². The first-order chi connectivity index (χ1) is 10.6. The summed E-state index contributed by atoms with van der Waals surface area (Å²) in [5.41, 5.74) is 0.614. The van der Waals surface area contributed by atoms with E-state index < -0.39 is 17.5 Å². The zero-order valence-corrected chi connectivity index (χ0v) is 13.3. The third-order valence-electron chi connectivity index (χ3n) is 4.79. The minimum absolute atomic E-state index is 0.170. The van der Waals surface area contributed by atoms with Crippen molar-refractivity contribution in [3.63, 3.8) is 0 Å². The second-order valence-corrected chi connectivity index (χ2v) is 6.37. The highest BCUT2D eigenvalue weighted by Gasteiger charge is 2.24. The first-order valence-corrected chi connectivity index (χ1v) is 8.37. The fourth-order valence-electron chi connectivity index (χ4n) is 3.46. The van der Waals surface area contributed by atoms with E-state index in [0.717, 1.165) is 38.0 Å². The van der Waals surface area contributed by atoms with Gasteiger partial charge < -0.3 is 0 Å². The van der Waals surface area contributed by atoms with Gasteiger partial charge in [0.15, 0.2) is 17.5 Å². The topological polar surface area (TPSA) is 0 Å². The third-order valence-corrected chi connectivity index (χ3v) is 4.79. The Morgan fingerprint density at radius 2 is 1.64 bits per heavy atom. The first kappa shape index (κ1) is 17.1. The van der Waals surface area contributed by atoms with Gasteiger partial charge in [-0.3, -0.25) is 0 Å². The molecule has 3 heteroatoms. The van der Waals surface area contributed by atoms with Crippen molar-refractivity contribution in [2.24, 2.45) is 5.92 Å². The average Bonchev–Trinajstić information content (AvgIpc) is 2.52. The van der Waals surface area contributed by atoms with Crippen LogP contribution in [0.4, 0.5) is 13.2 Å². The Labute approximate surface area is 131 Å².